The van der Waals surface area contributed by atoms with E-state index in [9.17, 15) is 14.7 Å². The predicted molar refractivity (Wildman–Crippen MR) is 78.1 cm³/mol. The number of amides is 2. The lowest BCUT2D eigenvalue weighted by Crippen LogP contribution is -2.47. The summed E-state index contributed by atoms with van der Waals surface area (Å²) in [6, 6.07) is 0. The Morgan fingerprint density at radius 1 is 1.25 bits per heavy atom. The molecule has 0 aromatic rings. The second-order valence-corrected chi connectivity index (χ2v) is 6.48. The Bertz CT molecular complexity index is 347. The van der Waals surface area contributed by atoms with Gasteiger partial charge >= 0.3 is 0 Å². The number of hydrogen-bond donors (Lipinski definition) is 2. The normalized spacial score (nSPS) is 18.9. The number of carbonyl (C=O) groups excluding carboxylic acids is 2. The van der Waals surface area contributed by atoms with E-state index in [0.29, 0.717) is 6.54 Å². The number of nitrogens with one attached hydrogen (secondary N) is 1. The Morgan fingerprint density at radius 2 is 1.80 bits per heavy atom. The van der Waals surface area contributed by atoms with Crippen molar-refractivity contribution in [1.82, 2.24) is 10.2 Å². The molecule has 0 spiro atoms. The van der Waals surface area contributed by atoms with E-state index in [1.54, 1.807) is 19.0 Å². The highest BCUT2D eigenvalue weighted by atomic mass is 16.3. The van der Waals surface area contributed by atoms with Crippen LogP contribution < -0.4 is 5.32 Å². The van der Waals surface area contributed by atoms with Crippen LogP contribution in [-0.4, -0.2) is 48.6 Å². The Balaban J connectivity index is 2.56. The molecule has 1 rings (SSSR count). The Kier molecular flexibility index (Phi) is 5.99. The minimum atomic E-state index is -0.626. The molecule has 5 nitrogen and oxygen atoms in total. The Hall–Kier alpha value is -1.10. The smallest absolute Gasteiger partial charge is 0.230 e. The number of nitrogens with zero attached hydrogens (tertiary/aromatic N) is 1. The Labute approximate surface area is 121 Å². The molecule has 0 aliphatic heterocycles. The standard InChI is InChI=1S/C15H28N2O3/c1-11(2)12(18)9-13(19)16-10-15(7-5-6-8-15)14(20)17(3)4/h11-12,18H,5-10H2,1-4H3,(H,16,19). The first-order valence-electron chi connectivity index (χ1n) is 7.45. The number of hydrogen-bond acceptors (Lipinski definition) is 3. The summed E-state index contributed by atoms with van der Waals surface area (Å²) in [5, 5.41) is 12.6. The number of carbonyl (C=O) groups is 2. The molecule has 20 heavy (non-hydrogen) atoms. The summed E-state index contributed by atoms with van der Waals surface area (Å²) in [5.41, 5.74) is -0.443. The summed E-state index contributed by atoms with van der Waals surface area (Å²) in [4.78, 5) is 25.8. The van der Waals surface area contributed by atoms with Gasteiger partial charge in [-0.2, -0.15) is 0 Å². The van der Waals surface area contributed by atoms with Gasteiger partial charge in [-0.3, -0.25) is 9.59 Å². The van der Waals surface area contributed by atoms with Gasteiger partial charge in [0.25, 0.3) is 0 Å². The van der Waals surface area contributed by atoms with E-state index in [2.05, 4.69) is 5.32 Å². The molecule has 1 aliphatic carbocycles. The van der Waals surface area contributed by atoms with E-state index in [4.69, 9.17) is 0 Å². The third kappa shape index (κ3) is 4.20. The zero-order chi connectivity index (χ0) is 15.3. The molecule has 5 heteroatoms. The fraction of sp³-hybridized carbons (Fsp3) is 0.867. The van der Waals surface area contributed by atoms with Gasteiger partial charge in [-0.25, -0.2) is 0 Å². The number of aliphatic hydroxyl groups is 1. The van der Waals surface area contributed by atoms with Gasteiger partial charge in [0.2, 0.25) is 11.8 Å². The summed E-state index contributed by atoms with van der Waals surface area (Å²) >= 11 is 0. The van der Waals surface area contributed by atoms with Crippen molar-refractivity contribution in [2.45, 2.75) is 52.1 Å². The molecule has 0 aromatic heterocycles. The molecule has 1 aliphatic rings. The fourth-order valence-corrected chi connectivity index (χ4v) is 2.76. The highest BCUT2D eigenvalue weighted by Gasteiger charge is 2.42. The van der Waals surface area contributed by atoms with Crippen molar-refractivity contribution >= 4 is 11.8 Å². The van der Waals surface area contributed by atoms with Crippen LogP contribution in [0.2, 0.25) is 0 Å². The van der Waals surface area contributed by atoms with Crippen LogP contribution in [0.3, 0.4) is 0 Å². The molecule has 2 amide bonds. The van der Waals surface area contributed by atoms with Crippen LogP contribution in [0.5, 0.6) is 0 Å². The van der Waals surface area contributed by atoms with Crippen molar-refractivity contribution in [3.8, 4) is 0 Å². The van der Waals surface area contributed by atoms with E-state index in [-0.39, 0.29) is 24.2 Å². The first kappa shape index (κ1) is 17.0. The average molecular weight is 284 g/mol. The van der Waals surface area contributed by atoms with Crippen LogP contribution in [0, 0.1) is 11.3 Å². The fourth-order valence-electron chi connectivity index (χ4n) is 2.76. The summed E-state index contributed by atoms with van der Waals surface area (Å²) in [5.74, 6) is -0.0201. The van der Waals surface area contributed by atoms with Gasteiger partial charge in [0, 0.05) is 20.6 Å². The largest absolute Gasteiger partial charge is 0.392 e. The second-order valence-electron chi connectivity index (χ2n) is 6.48. The maximum Gasteiger partial charge on any atom is 0.230 e. The van der Waals surface area contributed by atoms with E-state index in [0.717, 1.165) is 25.7 Å². The lowest BCUT2D eigenvalue weighted by Gasteiger charge is -2.31. The number of rotatable bonds is 6. The van der Waals surface area contributed by atoms with Crippen molar-refractivity contribution in [2.75, 3.05) is 20.6 Å². The molecular formula is C15H28N2O3. The van der Waals surface area contributed by atoms with Crippen LogP contribution in [0.4, 0.5) is 0 Å². The molecule has 0 heterocycles. The molecule has 116 valence electrons. The summed E-state index contributed by atoms with van der Waals surface area (Å²) in [6.07, 6.45) is 3.20. The van der Waals surface area contributed by atoms with E-state index < -0.39 is 11.5 Å². The molecule has 0 aromatic carbocycles. The maximum absolute atomic E-state index is 12.3. The van der Waals surface area contributed by atoms with Crippen LogP contribution in [0.1, 0.15) is 46.0 Å². The lowest BCUT2D eigenvalue weighted by molar-refractivity contribution is -0.139. The van der Waals surface area contributed by atoms with Crippen LogP contribution in [-0.2, 0) is 9.59 Å². The molecule has 1 atom stereocenters. The second kappa shape index (κ2) is 7.07. The third-order valence-electron chi connectivity index (χ3n) is 4.21. The van der Waals surface area contributed by atoms with Gasteiger partial charge in [-0.1, -0.05) is 26.7 Å². The lowest BCUT2D eigenvalue weighted by atomic mass is 9.84. The maximum atomic E-state index is 12.3. The quantitative estimate of drug-likeness (QED) is 0.769. The van der Waals surface area contributed by atoms with Gasteiger partial charge in [0.1, 0.15) is 0 Å². The van der Waals surface area contributed by atoms with E-state index in [1.165, 1.54) is 0 Å². The van der Waals surface area contributed by atoms with Gasteiger partial charge in [-0.05, 0) is 18.8 Å². The van der Waals surface area contributed by atoms with Crippen molar-refractivity contribution in [2.24, 2.45) is 11.3 Å². The third-order valence-corrected chi connectivity index (χ3v) is 4.21. The van der Waals surface area contributed by atoms with Crippen molar-refractivity contribution in [3.63, 3.8) is 0 Å². The molecule has 0 bridgehead atoms. The molecule has 1 fully saturated rings. The number of aliphatic hydroxyl groups excluding tert-OH is 1. The molecule has 1 saturated carbocycles. The zero-order valence-corrected chi connectivity index (χ0v) is 13.1. The Morgan fingerprint density at radius 3 is 2.25 bits per heavy atom. The van der Waals surface area contributed by atoms with Gasteiger partial charge in [-0.15, -0.1) is 0 Å². The minimum Gasteiger partial charge on any atom is -0.392 e. The highest BCUT2D eigenvalue weighted by molar-refractivity contribution is 5.84. The minimum absolute atomic E-state index is 0.0598. The van der Waals surface area contributed by atoms with Gasteiger partial charge in [0.15, 0.2) is 0 Å². The zero-order valence-electron chi connectivity index (χ0n) is 13.1. The van der Waals surface area contributed by atoms with E-state index in [1.807, 2.05) is 13.8 Å². The first-order chi connectivity index (χ1) is 9.28. The molecular weight excluding hydrogens is 256 g/mol. The van der Waals surface area contributed by atoms with Crippen LogP contribution >= 0.6 is 0 Å². The topological polar surface area (TPSA) is 69.6 Å². The first-order valence-corrected chi connectivity index (χ1v) is 7.45. The van der Waals surface area contributed by atoms with E-state index >= 15 is 0 Å². The monoisotopic (exact) mass is 284 g/mol. The average Bonchev–Trinajstić information content (AvgIpc) is 2.85. The SMILES string of the molecule is CC(C)C(O)CC(=O)NCC1(C(=O)N(C)C)CCCC1. The summed E-state index contributed by atoms with van der Waals surface area (Å²) in [6.45, 7) is 4.14. The van der Waals surface area contributed by atoms with Crippen LogP contribution in [0.25, 0.3) is 0 Å². The van der Waals surface area contributed by atoms with Crippen molar-refractivity contribution < 1.29 is 14.7 Å². The molecule has 0 saturated heterocycles. The summed E-state index contributed by atoms with van der Waals surface area (Å²) in [7, 11) is 3.51. The predicted octanol–water partition coefficient (Wildman–Crippen LogP) is 1.16. The molecule has 2 N–H and O–H groups in total. The van der Waals surface area contributed by atoms with Crippen LogP contribution in [0.15, 0.2) is 0 Å². The highest BCUT2D eigenvalue weighted by Crippen LogP contribution is 2.38. The summed E-state index contributed by atoms with van der Waals surface area (Å²) < 4.78 is 0. The van der Waals surface area contributed by atoms with Crippen molar-refractivity contribution in [3.05, 3.63) is 0 Å². The molecule has 1 unspecified atom stereocenters. The van der Waals surface area contributed by atoms with Gasteiger partial charge < -0.3 is 15.3 Å². The molecule has 0 radical (unpaired) electrons. The van der Waals surface area contributed by atoms with Crippen molar-refractivity contribution in [1.29, 1.82) is 0 Å². The van der Waals surface area contributed by atoms with Gasteiger partial charge in [0.05, 0.1) is 17.9 Å².